The van der Waals surface area contributed by atoms with E-state index in [-0.39, 0.29) is 5.82 Å². The Bertz CT molecular complexity index is 474. The lowest BCUT2D eigenvalue weighted by atomic mass is 10.1. The molecular formula is C13H12FN. The molecule has 0 fully saturated rings. The lowest BCUT2D eigenvalue weighted by molar-refractivity contribution is 0.619. The van der Waals surface area contributed by atoms with E-state index in [0.717, 1.165) is 16.8 Å². The maximum Gasteiger partial charge on any atom is 0.126 e. The lowest BCUT2D eigenvalue weighted by Crippen LogP contribution is -1.86. The normalized spacial score (nSPS) is 10.3. The molecule has 0 atom stereocenters. The van der Waals surface area contributed by atoms with Gasteiger partial charge in [0.2, 0.25) is 0 Å². The predicted molar refractivity (Wildman–Crippen MR) is 59.1 cm³/mol. The summed E-state index contributed by atoms with van der Waals surface area (Å²) in [6.45, 7) is 3.69. The van der Waals surface area contributed by atoms with Gasteiger partial charge < -0.3 is 0 Å². The molecule has 1 heterocycles. The molecule has 0 amide bonds. The zero-order valence-electron chi connectivity index (χ0n) is 8.79. The van der Waals surface area contributed by atoms with Crippen LogP contribution in [0.15, 0.2) is 36.5 Å². The average Bonchev–Trinajstić information content (AvgIpc) is 2.23. The maximum atomic E-state index is 13.3. The second-order valence-corrected chi connectivity index (χ2v) is 3.65. The van der Waals surface area contributed by atoms with Gasteiger partial charge in [-0.1, -0.05) is 18.2 Å². The molecule has 0 bridgehead atoms. The molecule has 15 heavy (non-hydrogen) atoms. The molecule has 0 unspecified atom stereocenters. The Hall–Kier alpha value is -1.70. The Labute approximate surface area is 88.6 Å². The first-order chi connectivity index (χ1) is 7.16. The standard InChI is InChI=1S/C13H12FN/c1-9-3-5-11(7-13(9)14)12-6-4-10(2)15-8-12/h3-8H,1-2H3. The fraction of sp³-hybridized carbons (Fsp3) is 0.154. The zero-order chi connectivity index (χ0) is 10.8. The third kappa shape index (κ3) is 2.04. The summed E-state index contributed by atoms with van der Waals surface area (Å²) in [6, 6.07) is 9.11. The molecule has 0 spiro atoms. The molecule has 1 aromatic heterocycles. The number of hydrogen-bond donors (Lipinski definition) is 0. The molecule has 1 nitrogen and oxygen atoms in total. The maximum absolute atomic E-state index is 13.3. The van der Waals surface area contributed by atoms with Crippen LogP contribution in [0.4, 0.5) is 4.39 Å². The summed E-state index contributed by atoms with van der Waals surface area (Å²) in [5.74, 6) is -0.173. The predicted octanol–water partition coefficient (Wildman–Crippen LogP) is 3.50. The molecule has 0 radical (unpaired) electrons. The smallest absolute Gasteiger partial charge is 0.126 e. The van der Waals surface area contributed by atoms with E-state index in [0.29, 0.717) is 5.56 Å². The molecule has 2 aromatic rings. The fourth-order valence-corrected chi connectivity index (χ4v) is 1.41. The van der Waals surface area contributed by atoms with E-state index < -0.39 is 0 Å². The summed E-state index contributed by atoms with van der Waals surface area (Å²) < 4.78 is 13.3. The first kappa shape index (κ1) is 9.84. The summed E-state index contributed by atoms with van der Waals surface area (Å²) >= 11 is 0. The van der Waals surface area contributed by atoms with E-state index in [1.54, 1.807) is 25.3 Å². The number of halogens is 1. The number of benzene rings is 1. The number of aromatic nitrogens is 1. The molecule has 0 N–H and O–H groups in total. The first-order valence-corrected chi connectivity index (χ1v) is 4.86. The van der Waals surface area contributed by atoms with Gasteiger partial charge in [0.05, 0.1) is 0 Å². The van der Waals surface area contributed by atoms with Crippen LogP contribution in [-0.4, -0.2) is 4.98 Å². The van der Waals surface area contributed by atoms with Crippen LogP contribution in [0.2, 0.25) is 0 Å². The van der Waals surface area contributed by atoms with Gasteiger partial charge in [0, 0.05) is 17.5 Å². The van der Waals surface area contributed by atoms with Crippen molar-refractivity contribution in [2.45, 2.75) is 13.8 Å². The molecule has 2 rings (SSSR count). The number of nitrogens with zero attached hydrogens (tertiary/aromatic N) is 1. The van der Waals surface area contributed by atoms with E-state index >= 15 is 0 Å². The van der Waals surface area contributed by atoms with Crippen molar-refractivity contribution in [1.82, 2.24) is 4.98 Å². The van der Waals surface area contributed by atoms with Gasteiger partial charge in [0.1, 0.15) is 5.82 Å². The SMILES string of the molecule is Cc1ccc(-c2ccc(C)c(F)c2)cn1. The minimum atomic E-state index is -0.173. The van der Waals surface area contributed by atoms with Crippen molar-refractivity contribution in [1.29, 1.82) is 0 Å². The summed E-state index contributed by atoms with van der Waals surface area (Å²) in [7, 11) is 0. The van der Waals surface area contributed by atoms with E-state index in [4.69, 9.17) is 0 Å². The quantitative estimate of drug-likeness (QED) is 0.688. The molecule has 0 saturated carbocycles. The summed E-state index contributed by atoms with van der Waals surface area (Å²) in [4.78, 5) is 4.19. The van der Waals surface area contributed by atoms with Gasteiger partial charge in [-0.15, -0.1) is 0 Å². The first-order valence-electron chi connectivity index (χ1n) is 4.86. The molecule has 0 aliphatic rings. The largest absolute Gasteiger partial charge is 0.261 e. The van der Waals surface area contributed by atoms with E-state index in [9.17, 15) is 4.39 Å². The zero-order valence-corrected chi connectivity index (χ0v) is 8.79. The van der Waals surface area contributed by atoms with Gasteiger partial charge >= 0.3 is 0 Å². The highest BCUT2D eigenvalue weighted by Gasteiger charge is 2.01. The molecule has 2 heteroatoms. The van der Waals surface area contributed by atoms with Crippen LogP contribution in [0, 0.1) is 19.7 Å². The molecule has 0 aliphatic carbocycles. The van der Waals surface area contributed by atoms with E-state index in [1.807, 2.05) is 25.1 Å². The van der Waals surface area contributed by atoms with Crippen LogP contribution in [-0.2, 0) is 0 Å². The van der Waals surface area contributed by atoms with Crippen molar-refractivity contribution < 1.29 is 4.39 Å². The van der Waals surface area contributed by atoms with Crippen molar-refractivity contribution in [3.63, 3.8) is 0 Å². The fourth-order valence-electron chi connectivity index (χ4n) is 1.41. The number of hydrogen-bond acceptors (Lipinski definition) is 1. The summed E-state index contributed by atoms with van der Waals surface area (Å²) in [5, 5.41) is 0. The third-order valence-corrected chi connectivity index (χ3v) is 2.42. The van der Waals surface area contributed by atoms with Gasteiger partial charge in [0.25, 0.3) is 0 Å². The number of rotatable bonds is 1. The van der Waals surface area contributed by atoms with Crippen LogP contribution in [0.3, 0.4) is 0 Å². The van der Waals surface area contributed by atoms with Crippen LogP contribution < -0.4 is 0 Å². The Balaban J connectivity index is 2.45. The van der Waals surface area contributed by atoms with E-state index in [1.165, 1.54) is 0 Å². The Kier molecular flexibility index (Phi) is 2.50. The molecule has 0 saturated heterocycles. The Morgan fingerprint density at radius 3 is 2.33 bits per heavy atom. The van der Waals surface area contributed by atoms with Crippen molar-refractivity contribution in [2.24, 2.45) is 0 Å². The van der Waals surface area contributed by atoms with Gasteiger partial charge in [-0.05, 0) is 37.1 Å². The van der Waals surface area contributed by atoms with Crippen LogP contribution in [0.25, 0.3) is 11.1 Å². The second-order valence-electron chi connectivity index (χ2n) is 3.65. The Morgan fingerprint density at radius 1 is 1.00 bits per heavy atom. The van der Waals surface area contributed by atoms with Crippen molar-refractivity contribution >= 4 is 0 Å². The summed E-state index contributed by atoms with van der Waals surface area (Å²) in [5.41, 5.74) is 3.44. The average molecular weight is 201 g/mol. The number of pyridine rings is 1. The van der Waals surface area contributed by atoms with Crippen molar-refractivity contribution in [2.75, 3.05) is 0 Å². The van der Waals surface area contributed by atoms with Gasteiger partial charge in [-0.2, -0.15) is 0 Å². The Morgan fingerprint density at radius 2 is 1.73 bits per heavy atom. The molecular weight excluding hydrogens is 189 g/mol. The van der Waals surface area contributed by atoms with Crippen LogP contribution in [0.5, 0.6) is 0 Å². The topological polar surface area (TPSA) is 12.9 Å². The molecule has 1 aromatic carbocycles. The lowest BCUT2D eigenvalue weighted by Gasteiger charge is -2.03. The van der Waals surface area contributed by atoms with E-state index in [2.05, 4.69) is 4.98 Å². The highest BCUT2D eigenvalue weighted by Crippen LogP contribution is 2.20. The van der Waals surface area contributed by atoms with Gasteiger partial charge in [-0.25, -0.2) is 4.39 Å². The van der Waals surface area contributed by atoms with Gasteiger partial charge in [0.15, 0.2) is 0 Å². The molecule has 76 valence electrons. The van der Waals surface area contributed by atoms with Gasteiger partial charge in [-0.3, -0.25) is 4.98 Å². The minimum Gasteiger partial charge on any atom is -0.261 e. The highest BCUT2D eigenvalue weighted by molar-refractivity contribution is 5.62. The third-order valence-electron chi connectivity index (χ3n) is 2.42. The van der Waals surface area contributed by atoms with Crippen molar-refractivity contribution in [3.8, 4) is 11.1 Å². The minimum absolute atomic E-state index is 0.173. The highest BCUT2D eigenvalue weighted by atomic mass is 19.1. The number of aryl methyl sites for hydroxylation is 2. The second kappa shape index (κ2) is 3.81. The van der Waals surface area contributed by atoms with Crippen LogP contribution in [0.1, 0.15) is 11.3 Å². The summed E-state index contributed by atoms with van der Waals surface area (Å²) in [6.07, 6.45) is 1.76. The van der Waals surface area contributed by atoms with Crippen LogP contribution >= 0.6 is 0 Å². The van der Waals surface area contributed by atoms with Crippen molar-refractivity contribution in [3.05, 3.63) is 53.6 Å². The molecule has 0 aliphatic heterocycles. The monoisotopic (exact) mass is 201 g/mol.